The third kappa shape index (κ3) is 4.56. The van der Waals surface area contributed by atoms with Gasteiger partial charge in [-0.15, -0.1) is 0 Å². The third-order valence-electron chi connectivity index (χ3n) is 4.83. The molecule has 0 radical (unpaired) electrons. The fraction of sp³-hybridized carbons (Fsp3) is 0.500. The van der Waals surface area contributed by atoms with Crippen LogP contribution in [-0.4, -0.2) is 34.5 Å². The molecule has 0 aliphatic carbocycles. The van der Waals surface area contributed by atoms with Crippen molar-refractivity contribution in [3.8, 4) is 5.75 Å². The summed E-state index contributed by atoms with van der Waals surface area (Å²) in [5.41, 5.74) is 1.44. The van der Waals surface area contributed by atoms with Gasteiger partial charge in [-0.25, -0.2) is 4.79 Å². The molecule has 0 saturated carbocycles. The molecule has 2 rings (SSSR count). The van der Waals surface area contributed by atoms with Crippen molar-refractivity contribution < 1.29 is 29.0 Å². The lowest BCUT2D eigenvalue weighted by molar-refractivity contribution is -0.144. The minimum Gasteiger partial charge on any atom is -0.507 e. The molecule has 6 heteroatoms. The lowest BCUT2D eigenvalue weighted by Gasteiger charge is -2.21. The zero-order valence-electron chi connectivity index (χ0n) is 15.3. The van der Waals surface area contributed by atoms with E-state index in [4.69, 9.17) is 4.74 Å². The molecule has 0 spiro atoms. The highest BCUT2D eigenvalue weighted by Gasteiger charge is 2.27. The summed E-state index contributed by atoms with van der Waals surface area (Å²) in [6.07, 6.45) is 0.328. The van der Waals surface area contributed by atoms with Crippen LogP contribution in [0.1, 0.15) is 61.0 Å². The first-order chi connectivity index (χ1) is 12.2. The molecule has 1 N–H and O–H groups in total. The summed E-state index contributed by atoms with van der Waals surface area (Å²) in [6.45, 7) is 5.30. The first kappa shape index (κ1) is 19.8. The Bertz CT molecular complexity index is 749. The number of benzene rings is 1. The number of ether oxygens (including phenoxy) is 1. The van der Waals surface area contributed by atoms with Gasteiger partial charge in [0.15, 0.2) is 0 Å². The Morgan fingerprint density at radius 3 is 2.35 bits per heavy atom. The van der Waals surface area contributed by atoms with E-state index in [1.165, 1.54) is 6.07 Å². The van der Waals surface area contributed by atoms with Gasteiger partial charge < -0.3 is 9.84 Å². The molecular weight excluding hydrogens is 336 g/mol. The number of ketones is 3. The highest BCUT2D eigenvalue weighted by Crippen LogP contribution is 2.27. The smallest absolute Gasteiger partial charge is 0.342 e. The monoisotopic (exact) mass is 360 g/mol. The van der Waals surface area contributed by atoms with Gasteiger partial charge in [0.1, 0.15) is 17.4 Å². The van der Waals surface area contributed by atoms with E-state index >= 15 is 0 Å². The zero-order valence-corrected chi connectivity index (χ0v) is 15.3. The van der Waals surface area contributed by atoms with Crippen LogP contribution in [0.25, 0.3) is 0 Å². The fourth-order valence-electron chi connectivity index (χ4n) is 3.03. The number of fused-ring (bicyclic) bond motifs is 1. The Hall–Kier alpha value is -2.50. The van der Waals surface area contributed by atoms with Gasteiger partial charge in [-0.3, -0.25) is 14.4 Å². The maximum atomic E-state index is 12.6. The normalized spacial score (nSPS) is 23.2. The average Bonchev–Trinajstić information content (AvgIpc) is 2.56. The maximum Gasteiger partial charge on any atom is 0.342 e. The van der Waals surface area contributed by atoms with Crippen molar-refractivity contribution in [1.82, 2.24) is 0 Å². The number of phenolic OH excluding ortho intramolecular Hbond substituents is 1. The molecule has 0 amide bonds. The van der Waals surface area contributed by atoms with Gasteiger partial charge in [-0.05, 0) is 56.2 Å². The van der Waals surface area contributed by atoms with Crippen LogP contribution in [0.3, 0.4) is 0 Å². The number of aromatic hydroxyl groups is 1. The minimum absolute atomic E-state index is 0.0470. The lowest BCUT2D eigenvalue weighted by atomic mass is 9.93. The van der Waals surface area contributed by atoms with Crippen LogP contribution >= 0.6 is 0 Å². The Kier molecular flexibility index (Phi) is 6.29. The van der Waals surface area contributed by atoms with Crippen molar-refractivity contribution in [2.24, 2.45) is 5.92 Å². The predicted octanol–water partition coefficient (Wildman–Crippen LogP) is 2.71. The number of carbonyl (C=O) groups is 4. The number of carbonyl (C=O) groups excluding carboxylic acids is 4. The molecule has 0 aromatic heterocycles. The van der Waals surface area contributed by atoms with Crippen LogP contribution in [-0.2, 0) is 25.5 Å². The van der Waals surface area contributed by atoms with E-state index in [9.17, 15) is 24.3 Å². The second kappa shape index (κ2) is 8.25. The molecule has 1 heterocycles. The van der Waals surface area contributed by atoms with Crippen molar-refractivity contribution in [1.29, 1.82) is 0 Å². The van der Waals surface area contributed by atoms with Crippen molar-refractivity contribution in [2.45, 2.75) is 59.0 Å². The van der Waals surface area contributed by atoms with Crippen molar-refractivity contribution in [2.75, 3.05) is 0 Å². The molecule has 0 bridgehead atoms. The van der Waals surface area contributed by atoms with E-state index in [0.717, 1.165) is 5.56 Å². The maximum absolute atomic E-state index is 12.6. The summed E-state index contributed by atoms with van der Waals surface area (Å²) in [5.74, 6) is -3.30. The second-order valence-electron chi connectivity index (χ2n) is 6.97. The van der Waals surface area contributed by atoms with Gasteiger partial charge >= 0.3 is 5.97 Å². The van der Waals surface area contributed by atoms with Crippen molar-refractivity contribution in [3.05, 3.63) is 28.8 Å². The molecule has 0 fully saturated rings. The zero-order chi connectivity index (χ0) is 19.4. The number of hydrogen-bond acceptors (Lipinski definition) is 6. The number of hydrogen-bond donors (Lipinski definition) is 1. The van der Waals surface area contributed by atoms with Gasteiger partial charge in [0, 0.05) is 12.8 Å². The summed E-state index contributed by atoms with van der Waals surface area (Å²) >= 11 is 0. The van der Waals surface area contributed by atoms with Crippen molar-refractivity contribution >= 4 is 23.3 Å². The van der Waals surface area contributed by atoms with Gasteiger partial charge in [0.25, 0.3) is 5.78 Å². The molecule has 2 atom stereocenters. The second-order valence-corrected chi connectivity index (χ2v) is 6.97. The SMILES string of the molecule is Cc1cc(O)c2c(c1)CCCC(=O)C(=O)C(=O)CC[C@H](C)[C@H](C)OC2=O. The molecule has 6 nitrogen and oxygen atoms in total. The minimum atomic E-state index is -0.953. The number of rotatable bonds is 0. The summed E-state index contributed by atoms with van der Waals surface area (Å²) < 4.78 is 5.48. The molecule has 26 heavy (non-hydrogen) atoms. The van der Waals surface area contributed by atoms with E-state index < -0.39 is 29.4 Å². The van der Waals surface area contributed by atoms with Gasteiger partial charge in [0.05, 0.1) is 0 Å². The van der Waals surface area contributed by atoms with Gasteiger partial charge in [-0.1, -0.05) is 13.0 Å². The number of cyclic esters (lactones) is 1. The van der Waals surface area contributed by atoms with Crippen molar-refractivity contribution in [3.63, 3.8) is 0 Å². The summed E-state index contributed by atoms with van der Waals surface area (Å²) in [4.78, 5) is 48.3. The quantitative estimate of drug-likeness (QED) is 0.564. The third-order valence-corrected chi connectivity index (χ3v) is 4.83. The van der Waals surface area contributed by atoms with E-state index in [1.54, 1.807) is 26.8 Å². The largest absolute Gasteiger partial charge is 0.507 e. The van der Waals surface area contributed by atoms with Gasteiger partial charge in [0.2, 0.25) is 11.6 Å². The van der Waals surface area contributed by atoms with Crippen LogP contribution in [0.5, 0.6) is 5.75 Å². The van der Waals surface area contributed by atoms with Crippen LogP contribution in [0.2, 0.25) is 0 Å². The number of aryl methyl sites for hydroxylation is 2. The lowest BCUT2D eigenvalue weighted by Crippen LogP contribution is -2.27. The Balaban J connectivity index is 2.37. The molecule has 1 aromatic carbocycles. The van der Waals surface area contributed by atoms with E-state index in [-0.39, 0.29) is 30.1 Å². The van der Waals surface area contributed by atoms with Crippen LogP contribution in [0.4, 0.5) is 0 Å². The molecule has 0 saturated heterocycles. The Morgan fingerprint density at radius 1 is 1.00 bits per heavy atom. The molecule has 1 aliphatic heterocycles. The fourth-order valence-corrected chi connectivity index (χ4v) is 3.03. The average molecular weight is 360 g/mol. The highest BCUT2D eigenvalue weighted by molar-refractivity contribution is 6.63. The van der Waals surface area contributed by atoms with E-state index in [0.29, 0.717) is 24.8 Å². The summed E-state index contributed by atoms with van der Waals surface area (Å²) in [5, 5.41) is 10.2. The van der Waals surface area contributed by atoms with Crippen LogP contribution < -0.4 is 0 Å². The van der Waals surface area contributed by atoms with Crippen LogP contribution in [0, 0.1) is 12.8 Å². The van der Waals surface area contributed by atoms with Gasteiger partial charge in [-0.2, -0.15) is 0 Å². The van der Waals surface area contributed by atoms with E-state index in [1.807, 2.05) is 0 Å². The number of phenols is 1. The number of esters is 1. The highest BCUT2D eigenvalue weighted by atomic mass is 16.5. The molecule has 1 aliphatic rings. The first-order valence-electron chi connectivity index (χ1n) is 8.84. The molecule has 1 aromatic rings. The van der Waals surface area contributed by atoms with E-state index in [2.05, 4.69) is 0 Å². The number of Topliss-reactive ketones (excluding diaryl/α,β-unsaturated/α-hetero) is 3. The molecule has 140 valence electrons. The van der Waals surface area contributed by atoms with Crippen LogP contribution in [0.15, 0.2) is 12.1 Å². The standard InChI is InChI=1S/C20H24O6/c1-11-9-14-5-4-6-15(21)19(24)16(22)8-7-12(2)13(3)26-20(25)18(14)17(23)10-11/h9-10,12-13,23H,4-8H2,1-3H3/t12-,13-/m0/s1. The summed E-state index contributed by atoms with van der Waals surface area (Å²) in [6, 6.07) is 3.25. The predicted molar refractivity (Wildman–Crippen MR) is 94.1 cm³/mol. The Labute approximate surface area is 152 Å². The topological polar surface area (TPSA) is 97.7 Å². The first-order valence-corrected chi connectivity index (χ1v) is 8.84. The Morgan fingerprint density at radius 2 is 1.65 bits per heavy atom. The molecule has 0 unspecified atom stereocenters. The summed E-state index contributed by atoms with van der Waals surface area (Å²) in [7, 11) is 0. The molecular formula is C20H24O6.